The number of rotatable bonds is 9. The summed E-state index contributed by atoms with van der Waals surface area (Å²) in [6.07, 6.45) is 3.60. The smallest absolute Gasteiger partial charge is 0.00792 e. The molecule has 1 unspecified atom stereocenters. The van der Waals surface area contributed by atoms with E-state index in [2.05, 4.69) is 44.6 Å². The van der Waals surface area contributed by atoms with Crippen LogP contribution in [0.4, 0.5) is 0 Å². The van der Waals surface area contributed by atoms with Gasteiger partial charge in [0.1, 0.15) is 0 Å². The Morgan fingerprint density at radius 1 is 1.27 bits per heavy atom. The minimum Gasteiger partial charge on any atom is -0.317 e. The van der Waals surface area contributed by atoms with Crippen molar-refractivity contribution in [3.63, 3.8) is 0 Å². The van der Waals surface area contributed by atoms with Gasteiger partial charge in [-0.2, -0.15) is 0 Å². The first-order valence-electron chi connectivity index (χ1n) is 6.18. The maximum atomic E-state index is 3.95. The molecule has 90 valence electrons. The van der Waals surface area contributed by atoms with Gasteiger partial charge in [-0.1, -0.05) is 19.4 Å². The number of nitrogens with one attached hydrogen (secondary N) is 1. The van der Waals surface area contributed by atoms with E-state index in [1.54, 1.807) is 0 Å². The van der Waals surface area contributed by atoms with Crippen LogP contribution in [-0.2, 0) is 0 Å². The molecular formula is C13H28N2. The monoisotopic (exact) mass is 212 g/mol. The molecule has 0 aromatic rings. The fourth-order valence-electron chi connectivity index (χ4n) is 1.73. The summed E-state index contributed by atoms with van der Waals surface area (Å²) >= 11 is 0. The van der Waals surface area contributed by atoms with Crippen LogP contribution in [-0.4, -0.2) is 37.6 Å². The van der Waals surface area contributed by atoms with Crippen LogP contribution >= 0.6 is 0 Å². The standard InChI is InChI=1S/C13H28N2/c1-6-15(7-2)11-10-13(14-5)9-8-12(3)4/h13-14H,3,6-11H2,1-2,4-5H3. The van der Waals surface area contributed by atoms with E-state index in [1.165, 1.54) is 25.0 Å². The van der Waals surface area contributed by atoms with E-state index in [0.717, 1.165) is 19.5 Å². The predicted octanol–water partition coefficient (Wildman–Crippen LogP) is 2.66. The maximum Gasteiger partial charge on any atom is 0.00792 e. The van der Waals surface area contributed by atoms with Crippen molar-refractivity contribution in [3.8, 4) is 0 Å². The summed E-state index contributed by atoms with van der Waals surface area (Å²) in [7, 11) is 2.06. The normalized spacial score (nSPS) is 13.1. The molecular weight excluding hydrogens is 184 g/mol. The third-order valence-electron chi connectivity index (χ3n) is 3.02. The molecule has 0 saturated carbocycles. The van der Waals surface area contributed by atoms with Gasteiger partial charge in [0, 0.05) is 6.04 Å². The molecule has 0 aliphatic carbocycles. The predicted molar refractivity (Wildman–Crippen MR) is 69.3 cm³/mol. The lowest BCUT2D eigenvalue weighted by atomic mass is 10.0. The van der Waals surface area contributed by atoms with Gasteiger partial charge < -0.3 is 10.2 Å². The molecule has 0 aromatic heterocycles. The Kier molecular flexibility index (Phi) is 8.73. The van der Waals surface area contributed by atoms with E-state index in [0.29, 0.717) is 6.04 Å². The molecule has 0 rings (SSSR count). The number of hydrogen-bond acceptors (Lipinski definition) is 2. The van der Waals surface area contributed by atoms with Crippen molar-refractivity contribution in [2.24, 2.45) is 0 Å². The summed E-state index contributed by atoms with van der Waals surface area (Å²) in [6, 6.07) is 0.641. The highest BCUT2D eigenvalue weighted by atomic mass is 15.1. The molecule has 15 heavy (non-hydrogen) atoms. The second-order valence-electron chi connectivity index (χ2n) is 4.30. The zero-order valence-corrected chi connectivity index (χ0v) is 11.0. The second-order valence-corrected chi connectivity index (χ2v) is 4.30. The van der Waals surface area contributed by atoms with E-state index < -0.39 is 0 Å². The van der Waals surface area contributed by atoms with Gasteiger partial charge in [-0.3, -0.25) is 0 Å². The molecule has 0 bridgehead atoms. The lowest BCUT2D eigenvalue weighted by molar-refractivity contribution is 0.280. The topological polar surface area (TPSA) is 15.3 Å². The largest absolute Gasteiger partial charge is 0.317 e. The fourth-order valence-corrected chi connectivity index (χ4v) is 1.73. The average Bonchev–Trinajstić information content (AvgIpc) is 2.23. The zero-order valence-electron chi connectivity index (χ0n) is 11.0. The molecule has 0 fully saturated rings. The quantitative estimate of drug-likeness (QED) is 0.591. The van der Waals surface area contributed by atoms with Crippen LogP contribution in [0.5, 0.6) is 0 Å². The van der Waals surface area contributed by atoms with Gasteiger partial charge in [0.2, 0.25) is 0 Å². The Morgan fingerprint density at radius 3 is 2.27 bits per heavy atom. The van der Waals surface area contributed by atoms with E-state index in [9.17, 15) is 0 Å². The van der Waals surface area contributed by atoms with Crippen LogP contribution in [0.25, 0.3) is 0 Å². The van der Waals surface area contributed by atoms with Gasteiger partial charge in [0.15, 0.2) is 0 Å². The van der Waals surface area contributed by atoms with Crippen LogP contribution in [0.3, 0.4) is 0 Å². The van der Waals surface area contributed by atoms with Gasteiger partial charge in [-0.05, 0) is 52.9 Å². The van der Waals surface area contributed by atoms with Crippen molar-refractivity contribution in [2.45, 2.75) is 46.1 Å². The Bertz CT molecular complexity index is 162. The van der Waals surface area contributed by atoms with Gasteiger partial charge >= 0.3 is 0 Å². The van der Waals surface area contributed by atoms with E-state index in [-0.39, 0.29) is 0 Å². The van der Waals surface area contributed by atoms with E-state index >= 15 is 0 Å². The molecule has 0 saturated heterocycles. The zero-order chi connectivity index (χ0) is 11.7. The third-order valence-corrected chi connectivity index (χ3v) is 3.02. The second kappa shape index (κ2) is 8.93. The molecule has 0 heterocycles. The van der Waals surface area contributed by atoms with Gasteiger partial charge in [0.25, 0.3) is 0 Å². The summed E-state index contributed by atoms with van der Waals surface area (Å²) < 4.78 is 0. The molecule has 0 spiro atoms. The highest BCUT2D eigenvalue weighted by Crippen LogP contribution is 2.08. The van der Waals surface area contributed by atoms with Crippen LogP contribution in [0.2, 0.25) is 0 Å². The molecule has 0 aromatic carbocycles. The molecule has 0 amide bonds. The third kappa shape index (κ3) is 7.57. The molecule has 0 aliphatic heterocycles. The summed E-state index contributed by atoms with van der Waals surface area (Å²) in [4.78, 5) is 2.48. The summed E-state index contributed by atoms with van der Waals surface area (Å²) in [5.41, 5.74) is 1.29. The summed E-state index contributed by atoms with van der Waals surface area (Å²) in [5, 5.41) is 3.39. The minimum absolute atomic E-state index is 0.641. The first kappa shape index (κ1) is 14.7. The Labute approximate surface area is 95.7 Å². The average molecular weight is 212 g/mol. The molecule has 0 aliphatic rings. The lowest BCUT2D eigenvalue weighted by Gasteiger charge is -2.22. The van der Waals surface area contributed by atoms with Crippen molar-refractivity contribution in [1.82, 2.24) is 10.2 Å². The molecule has 2 heteroatoms. The van der Waals surface area contributed by atoms with Crippen LogP contribution in [0.15, 0.2) is 12.2 Å². The number of nitrogens with zero attached hydrogens (tertiary/aromatic N) is 1. The Balaban J connectivity index is 3.73. The van der Waals surface area contributed by atoms with Crippen molar-refractivity contribution in [3.05, 3.63) is 12.2 Å². The number of allylic oxidation sites excluding steroid dienone is 1. The van der Waals surface area contributed by atoms with E-state index in [1.807, 2.05) is 0 Å². The van der Waals surface area contributed by atoms with Gasteiger partial charge in [-0.15, -0.1) is 6.58 Å². The molecule has 2 nitrogen and oxygen atoms in total. The van der Waals surface area contributed by atoms with Gasteiger partial charge in [-0.25, -0.2) is 0 Å². The highest BCUT2D eigenvalue weighted by molar-refractivity contribution is 4.89. The van der Waals surface area contributed by atoms with Crippen molar-refractivity contribution >= 4 is 0 Å². The fraction of sp³-hybridized carbons (Fsp3) is 0.846. The van der Waals surface area contributed by atoms with Crippen LogP contribution in [0.1, 0.15) is 40.0 Å². The lowest BCUT2D eigenvalue weighted by Crippen LogP contribution is -2.32. The Hall–Kier alpha value is -0.340. The number of hydrogen-bond donors (Lipinski definition) is 1. The molecule has 1 atom stereocenters. The van der Waals surface area contributed by atoms with Crippen molar-refractivity contribution in [2.75, 3.05) is 26.7 Å². The summed E-state index contributed by atoms with van der Waals surface area (Å²) in [6.45, 7) is 14.0. The maximum absolute atomic E-state index is 3.95. The van der Waals surface area contributed by atoms with E-state index in [4.69, 9.17) is 0 Å². The molecule has 1 N–H and O–H groups in total. The first-order valence-corrected chi connectivity index (χ1v) is 6.18. The Morgan fingerprint density at radius 2 is 1.87 bits per heavy atom. The van der Waals surface area contributed by atoms with Crippen molar-refractivity contribution < 1.29 is 0 Å². The summed E-state index contributed by atoms with van der Waals surface area (Å²) in [5.74, 6) is 0. The highest BCUT2D eigenvalue weighted by Gasteiger charge is 2.07. The SMILES string of the molecule is C=C(C)CCC(CCN(CC)CC)NC. The van der Waals surface area contributed by atoms with Gasteiger partial charge in [0.05, 0.1) is 0 Å². The van der Waals surface area contributed by atoms with Crippen LogP contribution in [0, 0.1) is 0 Å². The first-order chi connectivity index (χ1) is 7.13. The van der Waals surface area contributed by atoms with Crippen molar-refractivity contribution in [1.29, 1.82) is 0 Å². The van der Waals surface area contributed by atoms with Crippen LogP contribution < -0.4 is 5.32 Å². The minimum atomic E-state index is 0.641. The molecule has 0 radical (unpaired) electrons.